The third-order valence-corrected chi connectivity index (χ3v) is 7.29. The van der Waals surface area contributed by atoms with Crippen LogP contribution in [-0.2, 0) is 19.8 Å². The van der Waals surface area contributed by atoms with Crippen molar-refractivity contribution in [2.75, 3.05) is 17.1 Å². The van der Waals surface area contributed by atoms with Crippen molar-refractivity contribution in [3.8, 4) is 5.75 Å². The number of amides is 2. The Morgan fingerprint density at radius 2 is 1.38 bits per heavy atom. The molecule has 2 fully saturated rings. The zero-order valence-electron chi connectivity index (χ0n) is 20.6. The molecule has 4 aromatic rings. The molecule has 0 aliphatic carbocycles. The molecule has 2 aliphatic rings. The summed E-state index contributed by atoms with van der Waals surface area (Å²) in [6, 6.07) is 33.5. The van der Waals surface area contributed by atoms with Crippen LogP contribution in [0.2, 0.25) is 0 Å². The quantitative estimate of drug-likeness (QED) is 0.352. The minimum atomic E-state index is -1.31. The minimum Gasteiger partial charge on any atom is -0.497 e. The van der Waals surface area contributed by atoms with Gasteiger partial charge in [-0.1, -0.05) is 78.4 Å². The van der Waals surface area contributed by atoms with E-state index in [0.29, 0.717) is 11.4 Å². The van der Waals surface area contributed by atoms with Crippen molar-refractivity contribution >= 4 is 23.2 Å². The summed E-state index contributed by atoms with van der Waals surface area (Å²) >= 11 is 0. The number of benzene rings is 4. The predicted octanol–water partition coefficient (Wildman–Crippen LogP) is 5.38. The Labute approximate surface area is 215 Å². The van der Waals surface area contributed by atoms with Crippen LogP contribution < -0.4 is 14.7 Å². The van der Waals surface area contributed by atoms with Crippen LogP contribution in [0.3, 0.4) is 0 Å². The number of methoxy groups -OCH3 is 1. The summed E-state index contributed by atoms with van der Waals surface area (Å²) in [5.74, 6) is 0.0146. The van der Waals surface area contributed by atoms with E-state index in [2.05, 4.69) is 0 Å². The van der Waals surface area contributed by atoms with E-state index in [1.54, 1.807) is 12.2 Å². The number of rotatable bonds is 5. The molecule has 6 nitrogen and oxygen atoms in total. The van der Waals surface area contributed by atoms with E-state index in [-0.39, 0.29) is 11.8 Å². The van der Waals surface area contributed by atoms with Gasteiger partial charge in [-0.3, -0.25) is 14.4 Å². The third kappa shape index (κ3) is 3.44. The van der Waals surface area contributed by atoms with E-state index in [1.807, 2.05) is 116 Å². The molecular weight excluding hydrogens is 464 g/mol. The first-order chi connectivity index (χ1) is 18.1. The maximum Gasteiger partial charge on any atom is 0.267 e. The second kappa shape index (κ2) is 8.91. The SMILES string of the molecule is COc1ccc(C2N(c3ccccc3)OC3C(=O)N(c4ccc(C)cc4)C(=O)C32c2ccccc2)cc1. The summed E-state index contributed by atoms with van der Waals surface area (Å²) in [6.45, 7) is 1.97. The number of hydrogen-bond donors (Lipinski definition) is 0. The van der Waals surface area contributed by atoms with Gasteiger partial charge in [-0.05, 0) is 54.4 Å². The fourth-order valence-electron chi connectivity index (χ4n) is 5.51. The van der Waals surface area contributed by atoms with Crippen molar-refractivity contribution in [3.63, 3.8) is 0 Å². The molecule has 37 heavy (non-hydrogen) atoms. The molecule has 184 valence electrons. The molecule has 4 aromatic carbocycles. The smallest absolute Gasteiger partial charge is 0.267 e. The average Bonchev–Trinajstić information content (AvgIpc) is 3.41. The lowest BCUT2D eigenvalue weighted by Gasteiger charge is -2.35. The van der Waals surface area contributed by atoms with E-state index in [4.69, 9.17) is 9.57 Å². The van der Waals surface area contributed by atoms with Gasteiger partial charge in [-0.15, -0.1) is 0 Å². The summed E-state index contributed by atoms with van der Waals surface area (Å²) in [4.78, 5) is 36.5. The molecule has 0 bridgehead atoms. The maximum atomic E-state index is 14.7. The number of ether oxygens (including phenoxy) is 1. The lowest BCUT2D eigenvalue weighted by molar-refractivity contribution is -0.126. The van der Waals surface area contributed by atoms with Gasteiger partial charge in [0.2, 0.25) is 5.91 Å². The monoisotopic (exact) mass is 490 g/mol. The van der Waals surface area contributed by atoms with Gasteiger partial charge in [-0.25, -0.2) is 9.96 Å². The highest BCUT2D eigenvalue weighted by molar-refractivity contribution is 6.28. The molecule has 6 heteroatoms. The summed E-state index contributed by atoms with van der Waals surface area (Å²) in [5, 5.41) is 1.72. The van der Waals surface area contributed by atoms with Gasteiger partial charge in [0, 0.05) is 0 Å². The number of carbonyl (C=O) groups excluding carboxylic acids is 2. The Hall–Kier alpha value is -4.42. The number of anilines is 2. The standard InChI is InChI=1S/C31H26N2O4/c1-21-13-17-24(18-14-21)32-29(34)28-31(30(32)35,23-9-5-3-6-10-23)27(22-15-19-26(36-2)20-16-22)33(37-28)25-11-7-4-8-12-25/h3-20,27-28H,1-2H3. The van der Waals surface area contributed by atoms with Gasteiger partial charge in [-0.2, -0.15) is 0 Å². The fourth-order valence-corrected chi connectivity index (χ4v) is 5.51. The van der Waals surface area contributed by atoms with Crippen molar-refractivity contribution < 1.29 is 19.2 Å². The first-order valence-electron chi connectivity index (χ1n) is 12.2. The maximum absolute atomic E-state index is 14.7. The van der Waals surface area contributed by atoms with Crippen LogP contribution in [-0.4, -0.2) is 25.0 Å². The number of imide groups is 1. The van der Waals surface area contributed by atoms with Crippen LogP contribution in [0.4, 0.5) is 11.4 Å². The van der Waals surface area contributed by atoms with Gasteiger partial charge in [0.1, 0.15) is 17.2 Å². The van der Waals surface area contributed by atoms with Crippen LogP contribution in [0.25, 0.3) is 0 Å². The van der Waals surface area contributed by atoms with Gasteiger partial charge >= 0.3 is 0 Å². The second-order valence-electron chi connectivity index (χ2n) is 9.37. The molecule has 0 spiro atoms. The Kier molecular flexibility index (Phi) is 5.54. The Balaban J connectivity index is 1.60. The topological polar surface area (TPSA) is 59.1 Å². The highest BCUT2D eigenvalue weighted by Gasteiger charge is 2.72. The average molecular weight is 491 g/mol. The molecule has 0 aromatic heterocycles. The second-order valence-corrected chi connectivity index (χ2v) is 9.37. The summed E-state index contributed by atoms with van der Waals surface area (Å²) in [6.07, 6.45) is -1.05. The Bertz CT molecular complexity index is 1440. The number of nitrogens with zero attached hydrogens (tertiary/aromatic N) is 2. The fraction of sp³-hybridized carbons (Fsp3) is 0.161. The van der Waals surface area contributed by atoms with E-state index in [9.17, 15) is 9.59 Å². The van der Waals surface area contributed by atoms with E-state index < -0.39 is 17.6 Å². The Morgan fingerprint density at radius 1 is 0.757 bits per heavy atom. The van der Waals surface area contributed by atoms with Crippen molar-refractivity contribution in [1.29, 1.82) is 0 Å². The van der Waals surface area contributed by atoms with Crippen LogP contribution in [0.1, 0.15) is 22.7 Å². The minimum absolute atomic E-state index is 0.309. The van der Waals surface area contributed by atoms with Gasteiger partial charge < -0.3 is 4.74 Å². The zero-order valence-corrected chi connectivity index (χ0v) is 20.6. The predicted molar refractivity (Wildman–Crippen MR) is 141 cm³/mol. The van der Waals surface area contributed by atoms with Crippen molar-refractivity contribution in [1.82, 2.24) is 0 Å². The largest absolute Gasteiger partial charge is 0.497 e. The first-order valence-corrected chi connectivity index (χ1v) is 12.2. The van der Waals surface area contributed by atoms with Crippen LogP contribution in [0.5, 0.6) is 5.75 Å². The van der Waals surface area contributed by atoms with Gasteiger partial charge in [0.25, 0.3) is 5.91 Å². The molecular formula is C31H26N2O4. The molecule has 2 heterocycles. The molecule has 2 amide bonds. The van der Waals surface area contributed by atoms with Crippen molar-refractivity contribution in [3.05, 3.63) is 126 Å². The number of para-hydroxylation sites is 1. The molecule has 0 saturated carbocycles. The normalized spacial score (nSPS) is 22.9. The summed E-state index contributed by atoms with van der Waals surface area (Å²) < 4.78 is 5.39. The van der Waals surface area contributed by atoms with Crippen LogP contribution in [0.15, 0.2) is 109 Å². The molecule has 0 N–H and O–H groups in total. The van der Waals surface area contributed by atoms with Crippen molar-refractivity contribution in [2.24, 2.45) is 0 Å². The zero-order chi connectivity index (χ0) is 25.6. The van der Waals surface area contributed by atoms with E-state index in [1.165, 1.54) is 4.90 Å². The van der Waals surface area contributed by atoms with Crippen LogP contribution in [0, 0.1) is 6.92 Å². The molecule has 0 radical (unpaired) electrons. The lowest BCUT2D eigenvalue weighted by atomic mass is 9.69. The number of hydroxylamine groups is 1. The first kappa shape index (κ1) is 23.0. The van der Waals surface area contributed by atoms with Crippen molar-refractivity contribution in [2.45, 2.75) is 24.5 Å². The van der Waals surface area contributed by atoms with Crippen LogP contribution >= 0.6 is 0 Å². The van der Waals surface area contributed by atoms with Gasteiger partial charge in [0.15, 0.2) is 6.10 Å². The van der Waals surface area contributed by atoms with Gasteiger partial charge in [0.05, 0.1) is 18.5 Å². The molecule has 3 atom stereocenters. The van der Waals surface area contributed by atoms with E-state index in [0.717, 1.165) is 22.4 Å². The van der Waals surface area contributed by atoms with E-state index >= 15 is 0 Å². The molecule has 2 aliphatic heterocycles. The summed E-state index contributed by atoms with van der Waals surface area (Å²) in [5.41, 5.74) is 2.59. The number of hydrogen-bond acceptors (Lipinski definition) is 5. The molecule has 6 rings (SSSR count). The lowest BCUT2D eigenvalue weighted by Crippen LogP contribution is -2.46. The number of fused-ring (bicyclic) bond motifs is 1. The molecule has 3 unspecified atom stereocenters. The highest BCUT2D eigenvalue weighted by Crippen LogP contribution is 2.57. The molecule has 2 saturated heterocycles. The highest BCUT2D eigenvalue weighted by atomic mass is 16.7. The summed E-state index contributed by atoms with van der Waals surface area (Å²) in [7, 11) is 1.62. The number of aryl methyl sites for hydroxylation is 1. The number of carbonyl (C=O) groups is 2. The Morgan fingerprint density at radius 3 is 2.00 bits per heavy atom. The third-order valence-electron chi connectivity index (χ3n) is 7.29.